The maximum absolute atomic E-state index is 5.43. The number of likely N-dealkylation sites (N-methyl/N-ethyl adjacent to an activating group) is 1. The van der Waals surface area contributed by atoms with E-state index in [-0.39, 0.29) is 6.04 Å². The van der Waals surface area contributed by atoms with Gasteiger partial charge in [-0.3, -0.25) is 4.98 Å². The van der Waals surface area contributed by atoms with Gasteiger partial charge in [-0.2, -0.15) is 0 Å². The van der Waals surface area contributed by atoms with Crippen LogP contribution in [0.25, 0.3) is 0 Å². The maximum atomic E-state index is 5.43. The monoisotopic (exact) mass is 382 g/mol. The van der Waals surface area contributed by atoms with Crippen LogP contribution in [0.2, 0.25) is 0 Å². The van der Waals surface area contributed by atoms with E-state index >= 15 is 0 Å². The lowest BCUT2D eigenvalue weighted by Gasteiger charge is -2.20. The molecule has 0 saturated heterocycles. The van der Waals surface area contributed by atoms with E-state index in [4.69, 9.17) is 4.74 Å². The number of pyridine rings is 1. The predicted octanol–water partition coefficient (Wildman–Crippen LogP) is 3.59. The van der Waals surface area contributed by atoms with E-state index in [0.717, 1.165) is 24.3 Å². The Hall–Kier alpha value is -1.14. The van der Waals surface area contributed by atoms with Crippen molar-refractivity contribution in [1.82, 2.24) is 10.3 Å². The Bertz CT molecular complexity index is 542. The van der Waals surface area contributed by atoms with Crippen molar-refractivity contribution in [3.05, 3.63) is 57.4 Å². The molecule has 1 atom stereocenters. The number of rotatable bonds is 6. The fraction of sp³-hybridized carbons (Fsp3) is 0.312. The van der Waals surface area contributed by atoms with E-state index in [2.05, 4.69) is 64.1 Å². The number of hydrogen-bond acceptors (Lipinski definition) is 3. The molecule has 0 fully saturated rings. The molecule has 0 aliphatic carbocycles. The third-order valence-corrected chi connectivity index (χ3v) is 3.93. The SMILES string of the molecule is CCNC(Cc1ccc(I)cc1)c1ccncc1OC. The first-order chi connectivity index (χ1) is 9.74. The largest absolute Gasteiger partial charge is 0.495 e. The second-order valence-corrected chi connectivity index (χ2v) is 5.80. The molecule has 1 unspecified atom stereocenters. The predicted molar refractivity (Wildman–Crippen MR) is 90.1 cm³/mol. The summed E-state index contributed by atoms with van der Waals surface area (Å²) in [7, 11) is 1.69. The summed E-state index contributed by atoms with van der Waals surface area (Å²) in [6.45, 7) is 3.04. The van der Waals surface area contributed by atoms with Crippen LogP contribution in [0.5, 0.6) is 5.75 Å². The molecule has 0 radical (unpaired) electrons. The molecule has 1 N–H and O–H groups in total. The number of nitrogens with one attached hydrogen (secondary N) is 1. The molecule has 0 amide bonds. The van der Waals surface area contributed by atoms with Gasteiger partial charge >= 0.3 is 0 Å². The molecular formula is C16H19IN2O. The van der Waals surface area contributed by atoms with Gasteiger partial charge in [0.25, 0.3) is 0 Å². The van der Waals surface area contributed by atoms with Crippen molar-refractivity contribution in [2.45, 2.75) is 19.4 Å². The van der Waals surface area contributed by atoms with Gasteiger partial charge in [-0.25, -0.2) is 0 Å². The Morgan fingerprint density at radius 2 is 2.00 bits per heavy atom. The third kappa shape index (κ3) is 3.93. The molecule has 4 heteroatoms. The van der Waals surface area contributed by atoms with Crippen molar-refractivity contribution >= 4 is 22.6 Å². The van der Waals surface area contributed by atoms with Crippen LogP contribution in [0.15, 0.2) is 42.7 Å². The van der Waals surface area contributed by atoms with Crippen molar-refractivity contribution in [2.75, 3.05) is 13.7 Å². The number of nitrogens with zero attached hydrogens (tertiary/aromatic N) is 1. The highest BCUT2D eigenvalue weighted by molar-refractivity contribution is 14.1. The molecule has 0 saturated carbocycles. The average Bonchev–Trinajstić information content (AvgIpc) is 2.49. The van der Waals surface area contributed by atoms with Gasteiger partial charge in [0.1, 0.15) is 5.75 Å². The van der Waals surface area contributed by atoms with Gasteiger partial charge in [-0.15, -0.1) is 0 Å². The molecule has 1 aromatic heterocycles. The molecule has 1 aromatic carbocycles. The zero-order valence-electron chi connectivity index (χ0n) is 11.8. The molecule has 106 valence electrons. The van der Waals surface area contributed by atoms with E-state index < -0.39 is 0 Å². The lowest BCUT2D eigenvalue weighted by molar-refractivity contribution is 0.397. The smallest absolute Gasteiger partial charge is 0.141 e. The van der Waals surface area contributed by atoms with Crippen molar-refractivity contribution in [3.8, 4) is 5.75 Å². The lowest BCUT2D eigenvalue weighted by atomic mass is 9.99. The Kier molecular flexibility index (Phi) is 5.79. The molecule has 20 heavy (non-hydrogen) atoms. The second kappa shape index (κ2) is 7.59. The highest BCUT2D eigenvalue weighted by atomic mass is 127. The molecule has 2 aromatic rings. The minimum Gasteiger partial charge on any atom is -0.495 e. The van der Waals surface area contributed by atoms with Crippen molar-refractivity contribution < 1.29 is 4.74 Å². The summed E-state index contributed by atoms with van der Waals surface area (Å²) in [6.07, 6.45) is 4.52. The molecule has 0 aliphatic rings. The quantitative estimate of drug-likeness (QED) is 0.776. The molecule has 0 bridgehead atoms. The summed E-state index contributed by atoms with van der Waals surface area (Å²) in [5, 5.41) is 3.53. The van der Waals surface area contributed by atoms with Crippen molar-refractivity contribution in [1.29, 1.82) is 0 Å². The molecule has 2 rings (SSSR count). The van der Waals surface area contributed by atoms with Crippen molar-refractivity contribution in [3.63, 3.8) is 0 Å². The number of aromatic nitrogens is 1. The number of halogens is 1. The van der Waals surface area contributed by atoms with Gasteiger partial charge in [0, 0.05) is 21.4 Å². The Labute approximate surface area is 133 Å². The minimum absolute atomic E-state index is 0.234. The number of methoxy groups -OCH3 is 1. The van der Waals surface area contributed by atoms with E-state index in [0.29, 0.717) is 0 Å². The summed E-state index contributed by atoms with van der Waals surface area (Å²) in [4.78, 5) is 4.12. The zero-order valence-corrected chi connectivity index (χ0v) is 13.9. The average molecular weight is 382 g/mol. The lowest BCUT2D eigenvalue weighted by Crippen LogP contribution is -2.23. The Balaban J connectivity index is 2.24. The highest BCUT2D eigenvalue weighted by Crippen LogP contribution is 2.26. The molecule has 0 aliphatic heterocycles. The second-order valence-electron chi connectivity index (χ2n) is 4.56. The third-order valence-electron chi connectivity index (χ3n) is 3.22. The first-order valence-electron chi connectivity index (χ1n) is 6.70. The standard InChI is InChI=1S/C16H19IN2O/c1-3-19-15(10-12-4-6-13(17)7-5-12)14-8-9-18-11-16(14)20-2/h4-9,11,15,19H,3,10H2,1-2H3. The summed E-state index contributed by atoms with van der Waals surface area (Å²) in [5.74, 6) is 0.837. The van der Waals surface area contributed by atoms with Gasteiger partial charge in [0.05, 0.1) is 13.3 Å². The summed E-state index contributed by atoms with van der Waals surface area (Å²) >= 11 is 2.33. The van der Waals surface area contributed by atoms with Crippen LogP contribution in [0, 0.1) is 3.57 Å². The molecule has 0 spiro atoms. The maximum Gasteiger partial charge on any atom is 0.141 e. The highest BCUT2D eigenvalue weighted by Gasteiger charge is 2.15. The summed E-state index contributed by atoms with van der Waals surface area (Å²) in [5.41, 5.74) is 2.47. The van der Waals surface area contributed by atoms with Crippen LogP contribution < -0.4 is 10.1 Å². The Morgan fingerprint density at radius 3 is 2.65 bits per heavy atom. The molecular weight excluding hydrogens is 363 g/mol. The normalized spacial score (nSPS) is 12.2. The van der Waals surface area contributed by atoms with Gasteiger partial charge in [0.15, 0.2) is 0 Å². The minimum atomic E-state index is 0.234. The summed E-state index contributed by atoms with van der Waals surface area (Å²) in [6, 6.07) is 10.9. The zero-order chi connectivity index (χ0) is 14.4. The first kappa shape index (κ1) is 15.3. The van der Waals surface area contributed by atoms with E-state index in [1.807, 2.05) is 12.3 Å². The fourth-order valence-corrected chi connectivity index (χ4v) is 2.60. The summed E-state index contributed by atoms with van der Waals surface area (Å²) < 4.78 is 6.68. The van der Waals surface area contributed by atoms with Crippen LogP contribution in [0.1, 0.15) is 24.1 Å². The Morgan fingerprint density at radius 1 is 1.25 bits per heavy atom. The number of hydrogen-bond donors (Lipinski definition) is 1. The van der Waals surface area contributed by atoms with E-state index in [9.17, 15) is 0 Å². The van der Waals surface area contributed by atoms with Gasteiger partial charge in [0.2, 0.25) is 0 Å². The van der Waals surface area contributed by atoms with Gasteiger partial charge < -0.3 is 10.1 Å². The van der Waals surface area contributed by atoms with Gasteiger partial charge in [-0.1, -0.05) is 19.1 Å². The van der Waals surface area contributed by atoms with Crippen molar-refractivity contribution in [2.24, 2.45) is 0 Å². The van der Waals surface area contributed by atoms with E-state index in [1.165, 1.54) is 9.13 Å². The molecule has 1 heterocycles. The van der Waals surface area contributed by atoms with Gasteiger partial charge in [-0.05, 0) is 59.3 Å². The topological polar surface area (TPSA) is 34.2 Å². The van der Waals surface area contributed by atoms with Crippen LogP contribution >= 0.6 is 22.6 Å². The fourth-order valence-electron chi connectivity index (χ4n) is 2.24. The molecule has 3 nitrogen and oxygen atoms in total. The van der Waals surface area contributed by atoms with Crippen LogP contribution in [0.4, 0.5) is 0 Å². The number of benzene rings is 1. The first-order valence-corrected chi connectivity index (χ1v) is 7.78. The van der Waals surface area contributed by atoms with Crippen LogP contribution in [-0.2, 0) is 6.42 Å². The number of ether oxygens (including phenoxy) is 1. The van der Waals surface area contributed by atoms with Crippen LogP contribution in [0.3, 0.4) is 0 Å². The van der Waals surface area contributed by atoms with E-state index in [1.54, 1.807) is 13.3 Å². The van der Waals surface area contributed by atoms with Crippen LogP contribution in [-0.4, -0.2) is 18.6 Å².